The van der Waals surface area contributed by atoms with Crippen molar-refractivity contribution < 1.29 is 9.94 Å². The Bertz CT molecular complexity index is 331. The summed E-state index contributed by atoms with van der Waals surface area (Å²) in [6, 6.07) is 0.0206. The standard InChI is InChI=1S/C19H40N2O2/c1-6-7-8-9-10-11-14-23-21-18(2,3)15-16(12-13-22)17(20)19(21,4)5/h16-17,22H,6-15,20H2,1-5H3. The van der Waals surface area contributed by atoms with Gasteiger partial charge in [-0.3, -0.25) is 4.84 Å². The summed E-state index contributed by atoms with van der Waals surface area (Å²) < 4.78 is 0. The highest BCUT2D eigenvalue weighted by molar-refractivity contribution is 5.04. The minimum atomic E-state index is -0.218. The number of hydrogen-bond acceptors (Lipinski definition) is 4. The number of piperidine rings is 1. The average Bonchev–Trinajstić information content (AvgIpc) is 2.47. The normalized spacial score (nSPS) is 27.3. The Morgan fingerprint density at radius 1 is 1.09 bits per heavy atom. The van der Waals surface area contributed by atoms with E-state index >= 15 is 0 Å². The van der Waals surface area contributed by atoms with E-state index in [0.717, 1.165) is 25.9 Å². The molecule has 4 nitrogen and oxygen atoms in total. The van der Waals surface area contributed by atoms with Crippen molar-refractivity contribution in [3.05, 3.63) is 0 Å². The zero-order chi connectivity index (χ0) is 17.5. The molecule has 0 amide bonds. The number of hydroxylamine groups is 2. The van der Waals surface area contributed by atoms with Crippen LogP contribution in [0, 0.1) is 5.92 Å². The summed E-state index contributed by atoms with van der Waals surface area (Å²) in [6.07, 6.45) is 9.38. The lowest BCUT2D eigenvalue weighted by Gasteiger charge is -2.57. The minimum absolute atomic E-state index is 0.0206. The first-order valence-corrected chi connectivity index (χ1v) is 9.57. The van der Waals surface area contributed by atoms with Crippen LogP contribution in [0.25, 0.3) is 0 Å². The van der Waals surface area contributed by atoms with Crippen LogP contribution in [-0.4, -0.2) is 40.5 Å². The zero-order valence-electron chi connectivity index (χ0n) is 16.1. The fourth-order valence-electron chi connectivity index (χ4n) is 4.17. The molecular formula is C19H40N2O2. The number of unbranched alkanes of at least 4 members (excludes halogenated alkanes) is 5. The maximum atomic E-state index is 9.30. The van der Waals surface area contributed by atoms with Gasteiger partial charge in [0.1, 0.15) is 0 Å². The van der Waals surface area contributed by atoms with Crippen molar-refractivity contribution in [1.82, 2.24) is 5.06 Å². The van der Waals surface area contributed by atoms with Crippen LogP contribution in [0.2, 0.25) is 0 Å². The summed E-state index contributed by atoms with van der Waals surface area (Å²) in [7, 11) is 0. The van der Waals surface area contributed by atoms with Gasteiger partial charge in [0.05, 0.1) is 12.1 Å². The largest absolute Gasteiger partial charge is 0.396 e. The predicted octanol–water partition coefficient (Wildman–Crippen LogP) is 3.87. The topological polar surface area (TPSA) is 58.7 Å². The molecule has 138 valence electrons. The average molecular weight is 329 g/mol. The van der Waals surface area contributed by atoms with Crippen molar-refractivity contribution in [3.63, 3.8) is 0 Å². The lowest BCUT2D eigenvalue weighted by molar-refractivity contribution is -0.293. The highest BCUT2D eigenvalue weighted by Gasteiger charge is 2.51. The van der Waals surface area contributed by atoms with Gasteiger partial charge >= 0.3 is 0 Å². The van der Waals surface area contributed by atoms with Gasteiger partial charge in [-0.2, -0.15) is 5.06 Å². The first-order chi connectivity index (χ1) is 10.8. The van der Waals surface area contributed by atoms with E-state index in [-0.39, 0.29) is 23.7 Å². The van der Waals surface area contributed by atoms with Crippen LogP contribution in [0.3, 0.4) is 0 Å². The second kappa shape index (κ2) is 9.36. The molecule has 0 aromatic carbocycles. The van der Waals surface area contributed by atoms with Crippen LogP contribution in [-0.2, 0) is 4.84 Å². The first-order valence-electron chi connectivity index (χ1n) is 9.57. The monoisotopic (exact) mass is 328 g/mol. The number of nitrogens with two attached hydrogens (primary N) is 1. The summed E-state index contributed by atoms with van der Waals surface area (Å²) >= 11 is 0. The van der Waals surface area contributed by atoms with E-state index < -0.39 is 0 Å². The third-order valence-corrected chi connectivity index (χ3v) is 5.38. The van der Waals surface area contributed by atoms with E-state index in [1.54, 1.807) is 0 Å². The third kappa shape index (κ3) is 5.70. The van der Waals surface area contributed by atoms with Gasteiger partial charge in [-0.1, -0.05) is 39.0 Å². The van der Waals surface area contributed by atoms with Gasteiger partial charge in [0.2, 0.25) is 0 Å². The van der Waals surface area contributed by atoms with Gasteiger partial charge in [0, 0.05) is 18.2 Å². The van der Waals surface area contributed by atoms with Crippen LogP contribution in [0.5, 0.6) is 0 Å². The van der Waals surface area contributed by atoms with Gasteiger partial charge in [0.25, 0.3) is 0 Å². The van der Waals surface area contributed by atoms with E-state index in [0.29, 0.717) is 5.92 Å². The number of rotatable bonds is 10. The summed E-state index contributed by atoms with van der Waals surface area (Å²) in [6.45, 7) is 12.0. The predicted molar refractivity (Wildman–Crippen MR) is 97.1 cm³/mol. The fourth-order valence-corrected chi connectivity index (χ4v) is 4.17. The molecule has 1 aliphatic rings. The fraction of sp³-hybridized carbons (Fsp3) is 1.00. The maximum Gasteiger partial charge on any atom is 0.0685 e. The molecule has 1 fully saturated rings. The Balaban J connectivity index is 2.52. The molecule has 23 heavy (non-hydrogen) atoms. The van der Waals surface area contributed by atoms with Crippen molar-refractivity contribution in [1.29, 1.82) is 0 Å². The van der Waals surface area contributed by atoms with Gasteiger partial charge in [-0.05, 0) is 52.9 Å². The van der Waals surface area contributed by atoms with E-state index in [1.165, 1.54) is 32.1 Å². The number of aliphatic hydroxyl groups excluding tert-OH is 1. The Labute approximate surface area is 143 Å². The molecule has 0 aromatic rings. The first kappa shape index (κ1) is 20.9. The van der Waals surface area contributed by atoms with Crippen LogP contribution >= 0.6 is 0 Å². The van der Waals surface area contributed by atoms with Crippen LogP contribution < -0.4 is 5.73 Å². The number of aliphatic hydroxyl groups is 1. The summed E-state index contributed by atoms with van der Waals surface area (Å²) in [5.41, 5.74) is 6.23. The van der Waals surface area contributed by atoms with E-state index in [1.807, 2.05) is 0 Å². The lowest BCUT2D eigenvalue weighted by Crippen LogP contribution is -2.69. The third-order valence-electron chi connectivity index (χ3n) is 5.38. The molecule has 1 heterocycles. The molecule has 1 rings (SSSR count). The van der Waals surface area contributed by atoms with Gasteiger partial charge < -0.3 is 10.8 Å². The smallest absolute Gasteiger partial charge is 0.0685 e. The van der Waals surface area contributed by atoms with Crippen molar-refractivity contribution in [3.8, 4) is 0 Å². The highest BCUT2D eigenvalue weighted by Crippen LogP contribution is 2.42. The Morgan fingerprint density at radius 3 is 2.30 bits per heavy atom. The van der Waals surface area contributed by atoms with Crippen LogP contribution in [0.1, 0.15) is 86.0 Å². The second-order valence-corrected chi connectivity index (χ2v) is 8.36. The quantitative estimate of drug-likeness (QED) is 0.598. The highest BCUT2D eigenvalue weighted by atomic mass is 16.7. The molecular weight excluding hydrogens is 288 g/mol. The molecule has 0 aliphatic carbocycles. The van der Waals surface area contributed by atoms with Gasteiger partial charge in [-0.25, -0.2) is 0 Å². The maximum absolute atomic E-state index is 9.30. The van der Waals surface area contributed by atoms with Gasteiger partial charge in [-0.15, -0.1) is 0 Å². The molecule has 1 saturated heterocycles. The number of hydrogen-bond donors (Lipinski definition) is 2. The Kier molecular flexibility index (Phi) is 8.50. The van der Waals surface area contributed by atoms with Gasteiger partial charge in [0.15, 0.2) is 0 Å². The van der Waals surface area contributed by atoms with Crippen molar-refractivity contribution in [2.45, 2.75) is 103 Å². The lowest BCUT2D eigenvalue weighted by atomic mass is 9.71. The molecule has 0 spiro atoms. The molecule has 3 N–H and O–H groups in total. The van der Waals surface area contributed by atoms with Crippen molar-refractivity contribution in [2.75, 3.05) is 13.2 Å². The second-order valence-electron chi connectivity index (χ2n) is 8.36. The molecule has 1 aliphatic heterocycles. The zero-order valence-corrected chi connectivity index (χ0v) is 16.1. The van der Waals surface area contributed by atoms with Crippen molar-refractivity contribution in [2.24, 2.45) is 11.7 Å². The Hall–Kier alpha value is -0.160. The molecule has 2 atom stereocenters. The van der Waals surface area contributed by atoms with E-state index in [2.05, 4.69) is 39.7 Å². The summed E-state index contributed by atoms with van der Waals surface area (Å²) in [4.78, 5) is 6.21. The molecule has 2 unspecified atom stereocenters. The molecule has 0 bridgehead atoms. The summed E-state index contributed by atoms with van der Waals surface area (Å²) in [5, 5.41) is 11.4. The minimum Gasteiger partial charge on any atom is -0.396 e. The molecule has 0 radical (unpaired) electrons. The molecule has 4 heteroatoms. The SMILES string of the molecule is CCCCCCCCON1C(C)(C)CC(CCO)C(N)C1(C)C. The van der Waals surface area contributed by atoms with E-state index in [9.17, 15) is 5.11 Å². The molecule has 0 saturated carbocycles. The van der Waals surface area contributed by atoms with Crippen LogP contribution in [0.15, 0.2) is 0 Å². The van der Waals surface area contributed by atoms with Crippen molar-refractivity contribution >= 4 is 0 Å². The number of nitrogens with zero attached hydrogens (tertiary/aromatic N) is 1. The molecule has 0 aromatic heterocycles. The van der Waals surface area contributed by atoms with Crippen LogP contribution in [0.4, 0.5) is 0 Å². The Morgan fingerprint density at radius 2 is 1.70 bits per heavy atom. The summed E-state index contributed by atoms with van der Waals surface area (Å²) in [5.74, 6) is 0.346. The van der Waals surface area contributed by atoms with E-state index in [4.69, 9.17) is 10.6 Å².